The van der Waals surface area contributed by atoms with E-state index in [9.17, 15) is 37.9 Å². The van der Waals surface area contributed by atoms with Gasteiger partial charge < -0.3 is 34.3 Å². The van der Waals surface area contributed by atoms with Crippen molar-refractivity contribution < 1.29 is 56.8 Å². The Morgan fingerprint density at radius 3 is 1.45 bits per heavy atom. The van der Waals surface area contributed by atoms with Crippen LogP contribution in [0, 0.1) is 0 Å². The maximum Gasteiger partial charge on any atom is 0.306 e. The molecular formula is C45H84O12S. The van der Waals surface area contributed by atoms with Crippen LogP contribution >= 0.6 is 0 Å². The van der Waals surface area contributed by atoms with Gasteiger partial charge in [0.15, 0.2) is 12.4 Å². The quantitative estimate of drug-likeness (QED) is 0.0199. The number of allylic oxidation sites excluding steroid dienone is 2. The third-order valence-corrected chi connectivity index (χ3v) is 11.6. The molecule has 1 rings (SSSR count). The van der Waals surface area contributed by atoms with E-state index in [0.717, 1.165) is 51.4 Å². The first-order valence-electron chi connectivity index (χ1n) is 23.2. The van der Waals surface area contributed by atoms with Crippen LogP contribution in [0.3, 0.4) is 0 Å². The number of carbonyl (C=O) groups is 2. The van der Waals surface area contributed by atoms with Gasteiger partial charge in [0.1, 0.15) is 36.8 Å². The van der Waals surface area contributed by atoms with Crippen molar-refractivity contribution in [3.05, 3.63) is 12.2 Å². The second kappa shape index (κ2) is 36.1. The number of hydrogen-bond acceptors (Lipinski definition) is 11. The van der Waals surface area contributed by atoms with Gasteiger partial charge in [0.05, 0.1) is 6.61 Å². The highest BCUT2D eigenvalue weighted by molar-refractivity contribution is 7.85. The summed E-state index contributed by atoms with van der Waals surface area (Å²) in [6.07, 6.45) is 28.2. The van der Waals surface area contributed by atoms with Gasteiger partial charge in [-0.2, -0.15) is 8.42 Å². The lowest BCUT2D eigenvalue weighted by Crippen LogP contribution is -2.60. The molecule has 0 aromatic rings. The van der Waals surface area contributed by atoms with Crippen LogP contribution in [0.4, 0.5) is 0 Å². The summed E-state index contributed by atoms with van der Waals surface area (Å²) < 4.78 is 54.1. The van der Waals surface area contributed by atoms with Crippen molar-refractivity contribution in [2.75, 3.05) is 19.0 Å². The Kier molecular flexibility index (Phi) is 33.8. The minimum Gasteiger partial charge on any atom is -0.462 e. The lowest BCUT2D eigenvalue weighted by molar-refractivity contribution is -0.297. The Morgan fingerprint density at radius 2 is 0.983 bits per heavy atom. The first-order valence-corrected chi connectivity index (χ1v) is 24.9. The Hall–Kier alpha value is -1.61. The number of esters is 2. The fourth-order valence-electron chi connectivity index (χ4n) is 7.20. The molecule has 0 radical (unpaired) electrons. The van der Waals surface area contributed by atoms with Gasteiger partial charge in [0.2, 0.25) is 0 Å². The number of aliphatic hydroxyl groups is 3. The summed E-state index contributed by atoms with van der Waals surface area (Å²) in [5.41, 5.74) is 0. The average Bonchev–Trinajstić information content (AvgIpc) is 3.18. The van der Waals surface area contributed by atoms with E-state index < -0.39 is 71.2 Å². The number of hydrogen-bond donors (Lipinski definition) is 4. The summed E-state index contributed by atoms with van der Waals surface area (Å²) in [6.45, 7) is 3.76. The van der Waals surface area contributed by atoms with E-state index in [0.29, 0.717) is 12.8 Å². The minimum absolute atomic E-state index is 0.163. The molecule has 13 heteroatoms. The molecule has 58 heavy (non-hydrogen) atoms. The third-order valence-electron chi connectivity index (χ3n) is 10.8. The molecule has 1 heterocycles. The van der Waals surface area contributed by atoms with Gasteiger partial charge in [-0.25, -0.2) is 0 Å². The molecule has 0 aliphatic carbocycles. The summed E-state index contributed by atoms with van der Waals surface area (Å²) in [5.74, 6) is -1.97. The van der Waals surface area contributed by atoms with Gasteiger partial charge in [0, 0.05) is 12.8 Å². The first kappa shape index (κ1) is 54.4. The van der Waals surface area contributed by atoms with Gasteiger partial charge in [-0.05, 0) is 38.5 Å². The molecule has 6 atom stereocenters. The average molecular weight is 849 g/mol. The fourth-order valence-corrected chi connectivity index (χ4v) is 7.89. The fraction of sp³-hybridized carbons (Fsp3) is 0.911. The van der Waals surface area contributed by atoms with Crippen molar-refractivity contribution in [1.82, 2.24) is 0 Å². The molecule has 0 aromatic carbocycles. The SMILES string of the molecule is CCCCCC/C=C/CCCCCCCCCC(=O)O[C@H](COC(=O)CCCCCCCCCCCCCCCCC)CO[C@H]1O[C@H](CS(=O)(=O)O)[C@@H](O)C(O)C1O. The minimum atomic E-state index is -4.60. The van der Waals surface area contributed by atoms with Crippen LogP contribution in [0.1, 0.15) is 206 Å². The zero-order valence-corrected chi connectivity index (χ0v) is 37.2. The van der Waals surface area contributed by atoms with Crippen molar-refractivity contribution in [2.24, 2.45) is 0 Å². The molecule has 1 aliphatic rings. The molecule has 0 aromatic heterocycles. The molecule has 2 unspecified atom stereocenters. The van der Waals surface area contributed by atoms with Gasteiger partial charge in [-0.1, -0.05) is 167 Å². The molecule has 1 aliphatic heterocycles. The van der Waals surface area contributed by atoms with Crippen molar-refractivity contribution >= 4 is 22.1 Å². The predicted octanol–water partition coefficient (Wildman–Crippen LogP) is 9.45. The maximum atomic E-state index is 12.8. The second-order valence-electron chi connectivity index (χ2n) is 16.4. The number of carbonyl (C=O) groups excluding carboxylic acids is 2. The molecule has 342 valence electrons. The lowest BCUT2D eigenvalue weighted by Gasteiger charge is -2.40. The van der Waals surface area contributed by atoms with E-state index in [1.807, 2.05) is 0 Å². The molecule has 0 spiro atoms. The van der Waals surface area contributed by atoms with Crippen LogP contribution in [-0.2, 0) is 38.7 Å². The predicted molar refractivity (Wildman–Crippen MR) is 229 cm³/mol. The Bertz CT molecular complexity index is 1130. The molecule has 0 bridgehead atoms. The summed E-state index contributed by atoms with van der Waals surface area (Å²) in [4.78, 5) is 25.4. The van der Waals surface area contributed by atoms with E-state index in [1.165, 1.54) is 116 Å². The smallest absolute Gasteiger partial charge is 0.306 e. The Balaban J connectivity index is 2.43. The highest BCUT2D eigenvalue weighted by atomic mass is 32.2. The molecule has 1 saturated heterocycles. The van der Waals surface area contributed by atoms with E-state index in [2.05, 4.69) is 26.0 Å². The first-order chi connectivity index (χ1) is 28.0. The zero-order valence-electron chi connectivity index (χ0n) is 36.4. The summed E-state index contributed by atoms with van der Waals surface area (Å²) in [6, 6.07) is 0. The molecule has 1 fully saturated rings. The maximum absolute atomic E-state index is 12.8. The Labute approximate surface area is 352 Å². The number of rotatable bonds is 39. The molecule has 4 N–H and O–H groups in total. The largest absolute Gasteiger partial charge is 0.462 e. The van der Waals surface area contributed by atoms with Gasteiger partial charge >= 0.3 is 11.9 Å². The monoisotopic (exact) mass is 849 g/mol. The summed E-state index contributed by atoms with van der Waals surface area (Å²) in [7, 11) is -4.60. The highest BCUT2D eigenvalue weighted by Gasteiger charge is 2.46. The van der Waals surface area contributed by atoms with Gasteiger partial charge in [0.25, 0.3) is 10.1 Å². The topological polar surface area (TPSA) is 186 Å². The van der Waals surface area contributed by atoms with Crippen LogP contribution < -0.4 is 0 Å². The number of unbranched alkanes of at least 4 members (excludes halogenated alkanes) is 25. The van der Waals surface area contributed by atoms with E-state index in [1.54, 1.807) is 0 Å². The van der Waals surface area contributed by atoms with Crippen LogP contribution in [0.5, 0.6) is 0 Å². The highest BCUT2D eigenvalue weighted by Crippen LogP contribution is 2.24. The van der Waals surface area contributed by atoms with Crippen LogP contribution in [0.15, 0.2) is 12.2 Å². The summed E-state index contributed by atoms with van der Waals surface area (Å²) >= 11 is 0. The molecule has 0 amide bonds. The standard InChI is InChI=1S/C45H84O12S/c1-3-5-7-9-11-13-15-17-19-21-23-25-27-29-31-33-40(46)54-35-38(36-55-45-44(50)43(49)42(48)39(57-45)37-58(51,52)53)56-41(47)34-32-30-28-26-24-22-20-18-16-14-12-10-8-6-4-2/h14,16,38-39,42-45,48-50H,3-13,15,17-37H2,1-2H3,(H,51,52,53)/b16-14+/t38-,39-,42-,43?,44?,45+/m1/s1. The molecular weight excluding hydrogens is 765 g/mol. The van der Waals surface area contributed by atoms with E-state index >= 15 is 0 Å². The van der Waals surface area contributed by atoms with Crippen LogP contribution in [-0.4, -0.2) is 96.0 Å². The summed E-state index contributed by atoms with van der Waals surface area (Å²) in [5, 5.41) is 30.9. The van der Waals surface area contributed by atoms with Crippen molar-refractivity contribution in [2.45, 2.75) is 243 Å². The van der Waals surface area contributed by atoms with E-state index in [4.69, 9.17) is 18.9 Å². The zero-order chi connectivity index (χ0) is 42.7. The van der Waals surface area contributed by atoms with Crippen LogP contribution in [0.25, 0.3) is 0 Å². The molecule has 0 saturated carbocycles. The number of aliphatic hydroxyl groups excluding tert-OH is 3. The van der Waals surface area contributed by atoms with Crippen molar-refractivity contribution in [3.63, 3.8) is 0 Å². The lowest BCUT2D eigenvalue weighted by atomic mass is 10.00. The van der Waals surface area contributed by atoms with Gasteiger partial charge in [-0.15, -0.1) is 0 Å². The molecule has 12 nitrogen and oxygen atoms in total. The van der Waals surface area contributed by atoms with E-state index in [-0.39, 0.29) is 19.4 Å². The number of ether oxygens (including phenoxy) is 4. The van der Waals surface area contributed by atoms with Crippen molar-refractivity contribution in [3.8, 4) is 0 Å². The second-order valence-corrected chi connectivity index (χ2v) is 17.9. The third kappa shape index (κ3) is 30.4. The van der Waals surface area contributed by atoms with Crippen molar-refractivity contribution in [1.29, 1.82) is 0 Å². The Morgan fingerprint density at radius 1 is 0.569 bits per heavy atom. The van der Waals surface area contributed by atoms with Gasteiger partial charge in [-0.3, -0.25) is 14.1 Å². The van der Waals surface area contributed by atoms with Crippen LogP contribution in [0.2, 0.25) is 0 Å². The normalized spacial score (nSPS) is 20.4.